The second-order valence-electron chi connectivity index (χ2n) is 20.2. The maximum Gasteiger partial charge on any atom is 0.419 e. The Kier molecular flexibility index (Phi) is 15.5. The molecule has 7 atom stereocenters. The Morgan fingerprint density at radius 2 is 0.871 bits per heavy atom. The summed E-state index contributed by atoms with van der Waals surface area (Å²) >= 11 is 0. The highest BCUT2D eigenvalue weighted by atomic mass is 19.4. The van der Waals surface area contributed by atoms with Gasteiger partial charge < -0.3 is 39.0 Å². The lowest BCUT2D eigenvalue weighted by Crippen LogP contribution is -2.78. The third-order valence-corrected chi connectivity index (χ3v) is 16.3. The van der Waals surface area contributed by atoms with E-state index >= 15 is 0 Å². The van der Waals surface area contributed by atoms with E-state index in [1.165, 1.54) is 6.92 Å². The predicted octanol–water partition coefficient (Wildman–Crippen LogP) is 10.0. The first kappa shape index (κ1) is 54.4. The van der Waals surface area contributed by atoms with Crippen LogP contribution in [-0.2, 0) is 33.3 Å². The van der Waals surface area contributed by atoms with Crippen LogP contribution in [0.2, 0.25) is 0 Å². The summed E-state index contributed by atoms with van der Waals surface area (Å²) in [7, 11) is 0. The molecule has 0 heterocycles. The number of hydrogen-bond donors (Lipinski definition) is 3. The van der Waals surface area contributed by atoms with E-state index in [0.29, 0.717) is 26.7 Å². The monoisotopic (exact) mass is 903 g/mol. The Morgan fingerprint density at radius 3 is 1.11 bits per heavy atom. The Labute approximate surface area is 365 Å². The molecule has 0 aromatic carbocycles. The van der Waals surface area contributed by atoms with Gasteiger partial charge in [0.2, 0.25) is 0 Å². The number of rotatable bonds is 22. The van der Waals surface area contributed by atoms with Gasteiger partial charge in [-0.05, 0) is 132 Å². The van der Waals surface area contributed by atoms with Gasteiger partial charge in [0.15, 0.2) is 17.8 Å². The van der Waals surface area contributed by atoms with Crippen molar-refractivity contribution in [3.05, 3.63) is 12.2 Å². The number of carbonyl (C=O) groups is 2. The lowest BCUT2D eigenvalue weighted by molar-refractivity contribution is -0.382. The normalized spacial score (nSPS) is 29.3. The Morgan fingerprint density at radius 1 is 0.581 bits per heavy atom. The molecule has 62 heavy (non-hydrogen) atoms. The van der Waals surface area contributed by atoms with Crippen LogP contribution in [0.25, 0.3) is 0 Å². The molecular weight excluding hydrogens is 826 g/mol. The van der Waals surface area contributed by atoms with E-state index in [2.05, 4.69) is 6.58 Å². The fourth-order valence-electron chi connectivity index (χ4n) is 12.3. The standard InChI is InChI=1S/C46H76F6O10/c1-16-42(17-2,59-30(9)35(12,13)55)38-23-39(43(18-3,19-4)60-31(10)36(14,56)45(47,48)49)25-40(24-38,44(20-5,21-6)61-32(11)37(15,57)46(50,51)52)28-41(26-38,27-39)62-33(53)22-58-34(54)29(7)8/h30-32,55-57H,7,16-28H2,1-6,8-15H3. The second-order valence-corrected chi connectivity index (χ2v) is 20.2. The summed E-state index contributed by atoms with van der Waals surface area (Å²) in [4.78, 5) is 26.6. The number of esters is 2. The van der Waals surface area contributed by atoms with Crippen molar-refractivity contribution >= 4 is 11.9 Å². The maximum atomic E-state index is 14.6. The Balaban J connectivity index is 2.60. The molecule has 4 bridgehead atoms. The van der Waals surface area contributed by atoms with Crippen molar-refractivity contribution in [2.75, 3.05) is 6.61 Å². The molecule has 4 aliphatic carbocycles. The van der Waals surface area contributed by atoms with Gasteiger partial charge in [-0.3, -0.25) is 0 Å². The minimum Gasteiger partial charge on any atom is -0.456 e. The van der Waals surface area contributed by atoms with Crippen LogP contribution in [-0.4, -0.2) is 104 Å². The molecule has 0 aromatic rings. The average molecular weight is 903 g/mol. The fourth-order valence-corrected chi connectivity index (χ4v) is 12.3. The van der Waals surface area contributed by atoms with Crippen LogP contribution in [0.4, 0.5) is 26.3 Å². The molecule has 0 amide bonds. The molecular formula is C46H76F6O10. The summed E-state index contributed by atoms with van der Waals surface area (Å²) in [6.07, 6.45) is -12.6. The minimum absolute atomic E-state index is 0.0339. The van der Waals surface area contributed by atoms with Crippen molar-refractivity contribution in [3.8, 4) is 0 Å². The molecule has 362 valence electrons. The number of ether oxygens (including phenoxy) is 5. The lowest BCUT2D eigenvalue weighted by Gasteiger charge is -2.78. The molecule has 4 fully saturated rings. The van der Waals surface area contributed by atoms with Crippen LogP contribution in [0.5, 0.6) is 0 Å². The molecule has 7 unspecified atom stereocenters. The van der Waals surface area contributed by atoms with Crippen molar-refractivity contribution in [1.82, 2.24) is 0 Å². The molecule has 0 radical (unpaired) electrons. The van der Waals surface area contributed by atoms with Crippen LogP contribution in [0, 0.1) is 16.2 Å². The number of halogens is 6. The maximum absolute atomic E-state index is 14.6. The number of alkyl halides is 6. The number of carbonyl (C=O) groups excluding carboxylic acids is 2. The van der Waals surface area contributed by atoms with Crippen molar-refractivity contribution in [2.45, 2.75) is 244 Å². The molecule has 16 heteroatoms. The molecule has 10 nitrogen and oxygen atoms in total. The zero-order valence-electron chi connectivity index (χ0n) is 39.6. The highest BCUT2D eigenvalue weighted by molar-refractivity contribution is 5.88. The highest BCUT2D eigenvalue weighted by Crippen LogP contribution is 2.81. The highest BCUT2D eigenvalue weighted by Gasteiger charge is 2.80. The van der Waals surface area contributed by atoms with Crippen molar-refractivity contribution in [1.29, 1.82) is 0 Å². The van der Waals surface area contributed by atoms with Gasteiger partial charge in [0.1, 0.15) is 5.60 Å². The van der Waals surface area contributed by atoms with E-state index < -0.39 is 105 Å². The first-order valence-corrected chi connectivity index (χ1v) is 22.3. The molecule has 4 saturated carbocycles. The van der Waals surface area contributed by atoms with Gasteiger partial charge in [-0.1, -0.05) is 48.1 Å². The third-order valence-electron chi connectivity index (χ3n) is 16.3. The number of aliphatic hydroxyl groups is 3. The summed E-state index contributed by atoms with van der Waals surface area (Å²) in [5.41, 5.74) is -17.1. The molecule has 0 aliphatic heterocycles. The van der Waals surface area contributed by atoms with E-state index in [4.69, 9.17) is 23.7 Å². The van der Waals surface area contributed by atoms with Gasteiger partial charge in [-0.2, -0.15) is 26.3 Å². The van der Waals surface area contributed by atoms with Gasteiger partial charge in [0, 0.05) is 21.8 Å². The quantitative estimate of drug-likeness (QED) is 0.0546. The molecule has 4 rings (SSSR count). The summed E-state index contributed by atoms with van der Waals surface area (Å²) in [6.45, 7) is 23.7. The SMILES string of the molecule is C=C(C)C(=O)OCC(=O)OC12CC3(C(CC)(CC)OC(C)C(C)(C)O)CC(C(CC)(CC)OC(C)C(C)(O)C(F)(F)F)(C1)CC(C(CC)(CC)OC(C)C(C)(O)C(F)(F)F)(C2)C3. The van der Waals surface area contributed by atoms with Crippen LogP contribution in [0.3, 0.4) is 0 Å². The van der Waals surface area contributed by atoms with E-state index in [1.54, 1.807) is 48.5 Å². The number of hydrogen-bond acceptors (Lipinski definition) is 10. The van der Waals surface area contributed by atoms with Crippen LogP contribution >= 0.6 is 0 Å². The Hall–Kier alpha value is -1.98. The third kappa shape index (κ3) is 9.09. The van der Waals surface area contributed by atoms with Crippen LogP contribution in [0.1, 0.15) is 174 Å². The van der Waals surface area contributed by atoms with E-state index in [0.717, 1.165) is 13.8 Å². The van der Waals surface area contributed by atoms with E-state index in [-0.39, 0.29) is 69.8 Å². The lowest BCUT2D eigenvalue weighted by atomic mass is 9.30. The summed E-state index contributed by atoms with van der Waals surface area (Å²) in [5.74, 6) is -1.76. The molecule has 0 spiro atoms. The Bertz CT molecular complexity index is 1540. The summed E-state index contributed by atoms with van der Waals surface area (Å²) < 4.78 is 120. The largest absolute Gasteiger partial charge is 0.456 e. The van der Waals surface area contributed by atoms with E-state index in [1.807, 2.05) is 13.8 Å². The molecule has 0 aromatic heterocycles. The predicted molar refractivity (Wildman–Crippen MR) is 221 cm³/mol. The van der Waals surface area contributed by atoms with Gasteiger partial charge in [0.25, 0.3) is 0 Å². The zero-order valence-corrected chi connectivity index (χ0v) is 39.6. The summed E-state index contributed by atoms with van der Waals surface area (Å²) in [6, 6.07) is 0. The van der Waals surface area contributed by atoms with Gasteiger partial charge >= 0.3 is 24.3 Å². The zero-order chi connectivity index (χ0) is 48.2. The van der Waals surface area contributed by atoms with Crippen molar-refractivity contribution < 1.29 is 74.9 Å². The van der Waals surface area contributed by atoms with E-state index in [9.17, 15) is 51.3 Å². The van der Waals surface area contributed by atoms with Crippen molar-refractivity contribution in [3.63, 3.8) is 0 Å². The van der Waals surface area contributed by atoms with Crippen LogP contribution < -0.4 is 0 Å². The fraction of sp³-hybridized carbons (Fsp3) is 0.913. The van der Waals surface area contributed by atoms with Crippen molar-refractivity contribution in [2.24, 2.45) is 16.2 Å². The first-order chi connectivity index (χ1) is 28.0. The molecule has 4 aliphatic rings. The van der Waals surface area contributed by atoms with Gasteiger partial charge in [0.05, 0.1) is 40.7 Å². The summed E-state index contributed by atoms with van der Waals surface area (Å²) in [5, 5.41) is 33.4. The smallest absolute Gasteiger partial charge is 0.419 e. The second kappa shape index (κ2) is 17.7. The van der Waals surface area contributed by atoms with Gasteiger partial charge in [-0.25, -0.2) is 9.59 Å². The molecule has 0 saturated heterocycles. The topological polar surface area (TPSA) is 141 Å². The van der Waals surface area contributed by atoms with Gasteiger partial charge in [-0.15, -0.1) is 0 Å². The van der Waals surface area contributed by atoms with Crippen LogP contribution in [0.15, 0.2) is 12.2 Å². The minimum atomic E-state index is -5.10. The first-order valence-electron chi connectivity index (χ1n) is 22.3. The molecule has 3 N–H and O–H groups in total. The average Bonchev–Trinajstić information content (AvgIpc) is 3.14.